The topological polar surface area (TPSA) is 29.1 Å². The molecule has 0 aliphatic heterocycles. The summed E-state index contributed by atoms with van der Waals surface area (Å²) >= 11 is 0. The molecule has 0 saturated carbocycles. The molecule has 94 valence electrons. The van der Waals surface area contributed by atoms with Crippen LogP contribution in [0.2, 0.25) is 0 Å². The van der Waals surface area contributed by atoms with E-state index in [1.165, 1.54) is 5.56 Å². The van der Waals surface area contributed by atoms with E-state index < -0.39 is 0 Å². The third-order valence-electron chi connectivity index (χ3n) is 2.63. The number of rotatable bonds is 5. The first-order chi connectivity index (χ1) is 7.92. The number of ketones is 1. The summed E-state index contributed by atoms with van der Waals surface area (Å²) in [6.07, 6.45) is 1.35. The normalized spacial score (nSPS) is 13.4. The molecule has 1 rings (SSSR count). The SMILES string of the molecule is CCC(=O)[C@H](Cc1ccccc1)NC(C)(C)C. The first-order valence-corrected chi connectivity index (χ1v) is 6.26. The summed E-state index contributed by atoms with van der Waals surface area (Å²) in [5.74, 6) is 0.281. The molecule has 0 radical (unpaired) electrons. The van der Waals surface area contributed by atoms with Crippen molar-refractivity contribution >= 4 is 5.78 Å². The number of nitrogens with one attached hydrogen (secondary N) is 1. The third kappa shape index (κ3) is 5.14. The van der Waals surface area contributed by atoms with Crippen molar-refractivity contribution in [1.82, 2.24) is 5.32 Å². The van der Waals surface area contributed by atoms with Crippen molar-refractivity contribution < 1.29 is 4.79 Å². The van der Waals surface area contributed by atoms with Gasteiger partial charge in [0, 0.05) is 12.0 Å². The smallest absolute Gasteiger partial charge is 0.149 e. The summed E-state index contributed by atoms with van der Waals surface area (Å²) in [4.78, 5) is 11.9. The van der Waals surface area contributed by atoms with Gasteiger partial charge in [-0.3, -0.25) is 4.79 Å². The monoisotopic (exact) mass is 233 g/mol. The Morgan fingerprint density at radius 2 is 1.82 bits per heavy atom. The van der Waals surface area contributed by atoms with Crippen LogP contribution in [-0.2, 0) is 11.2 Å². The molecule has 0 aliphatic rings. The minimum absolute atomic E-state index is 0.0374. The summed E-state index contributed by atoms with van der Waals surface area (Å²) in [5.41, 5.74) is 1.17. The van der Waals surface area contributed by atoms with Gasteiger partial charge in [-0.05, 0) is 32.8 Å². The first-order valence-electron chi connectivity index (χ1n) is 6.26. The van der Waals surface area contributed by atoms with E-state index in [1.54, 1.807) is 0 Å². The molecule has 0 spiro atoms. The second-order valence-corrected chi connectivity index (χ2v) is 5.46. The molecular formula is C15H23NO. The maximum absolute atomic E-state index is 11.9. The zero-order valence-corrected chi connectivity index (χ0v) is 11.3. The fraction of sp³-hybridized carbons (Fsp3) is 0.533. The van der Waals surface area contributed by atoms with E-state index in [9.17, 15) is 4.79 Å². The highest BCUT2D eigenvalue weighted by Gasteiger charge is 2.22. The Balaban J connectivity index is 2.74. The van der Waals surface area contributed by atoms with Gasteiger partial charge in [-0.15, -0.1) is 0 Å². The number of carbonyl (C=O) groups excluding carboxylic acids is 1. The zero-order valence-electron chi connectivity index (χ0n) is 11.3. The van der Waals surface area contributed by atoms with Crippen LogP contribution in [0.15, 0.2) is 30.3 Å². The lowest BCUT2D eigenvalue weighted by atomic mass is 9.97. The molecule has 0 unspecified atom stereocenters. The third-order valence-corrected chi connectivity index (χ3v) is 2.63. The lowest BCUT2D eigenvalue weighted by molar-refractivity contribution is -0.121. The van der Waals surface area contributed by atoms with E-state index in [4.69, 9.17) is 0 Å². The van der Waals surface area contributed by atoms with Crippen LogP contribution in [0, 0.1) is 0 Å². The Bertz CT molecular complexity index is 351. The zero-order chi connectivity index (χ0) is 12.9. The Morgan fingerprint density at radius 3 is 2.29 bits per heavy atom. The number of hydrogen-bond acceptors (Lipinski definition) is 2. The van der Waals surface area contributed by atoms with E-state index in [0.717, 1.165) is 6.42 Å². The molecule has 0 amide bonds. The summed E-state index contributed by atoms with van der Waals surface area (Å²) < 4.78 is 0. The van der Waals surface area contributed by atoms with Crippen LogP contribution in [-0.4, -0.2) is 17.4 Å². The highest BCUT2D eigenvalue weighted by Crippen LogP contribution is 2.09. The lowest BCUT2D eigenvalue weighted by Gasteiger charge is -2.27. The molecule has 0 aliphatic carbocycles. The van der Waals surface area contributed by atoms with E-state index in [0.29, 0.717) is 6.42 Å². The van der Waals surface area contributed by atoms with E-state index in [-0.39, 0.29) is 17.4 Å². The largest absolute Gasteiger partial charge is 0.302 e. The average molecular weight is 233 g/mol. The first kappa shape index (κ1) is 13.9. The van der Waals surface area contributed by atoms with E-state index in [2.05, 4.69) is 38.2 Å². The van der Waals surface area contributed by atoms with Crippen molar-refractivity contribution in [1.29, 1.82) is 0 Å². The predicted octanol–water partition coefficient (Wildman–Crippen LogP) is 2.96. The number of Topliss-reactive ketones (excluding diaryl/α,β-unsaturated/α-hetero) is 1. The molecule has 0 aromatic heterocycles. The van der Waals surface area contributed by atoms with Gasteiger partial charge >= 0.3 is 0 Å². The lowest BCUT2D eigenvalue weighted by Crippen LogP contribution is -2.48. The molecule has 0 fully saturated rings. The Morgan fingerprint density at radius 1 is 1.24 bits per heavy atom. The molecular weight excluding hydrogens is 210 g/mol. The van der Waals surface area contributed by atoms with Crippen molar-refractivity contribution in [3.05, 3.63) is 35.9 Å². The Hall–Kier alpha value is -1.15. The minimum atomic E-state index is -0.0811. The molecule has 0 bridgehead atoms. The van der Waals surface area contributed by atoms with Crippen LogP contribution >= 0.6 is 0 Å². The fourth-order valence-electron chi connectivity index (χ4n) is 1.86. The van der Waals surface area contributed by atoms with Crippen LogP contribution in [0.4, 0.5) is 0 Å². The quantitative estimate of drug-likeness (QED) is 0.847. The van der Waals surface area contributed by atoms with Crippen LogP contribution in [0.1, 0.15) is 39.7 Å². The Labute approximate surface area is 104 Å². The molecule has 17 heavy (non-hydrogen) atoms. The maximum Gasteiger partial charge on any atom is 0.149 e. The second kappa shape index (κ2) is 5.97. The van der Waals surface area contributed by atoms with E-state index in [1.807, 2.05) is 25.1 Å². The number of benzene rings is 1. The van der Waals surface area contributed by atoms with Crippen molar-refractivity contribution in [3.8, 4) is 0 Å². The maximum atomic E-state index is 11.9. The van der Waals surface area contributed by atoms with Crippen molar-refractivity contribution in [2.45, 2.75) is 52.1 Å². The van der Waals surface area contributed by atoms with Crippen LogP contribution in [0.5, 0.6) is 0 Å². The summed E-state index contributed by atoms with van der Waals surface area (Å²) in [6, 6.07) is 10.1. The van der Waals surface area contributed by atoms with Crippen molar-refractivity contribution in [2.24, 2.45) is 0 Å². The number of carbonyl (C=O) groups is 1. The molecule has 2 heteroatoms. The van der Waals surface area contributed by atoms with Gasteiger partial charge < -0.3 is 5.32 Å². The van der Waals surface area contributed by atoms with Crippen LogP contribution < -0.4 is 5.32 Å². The highest BCUT2D eigenvalue weighted by atomic mass is 16.1. The highest BCUT2D eigenvalue weighted by molar-refractivity contribution is 5.84. The van der Waals surface area contributed by atoms with Crippen LogP contribution in [0.3, 0.4) is 0 Å². The van der Waals surface area contributed by atoms with Crippen molar-refractivity contribution in [2.75, 3.05) is 0 Å². The van der Waals surface area contributed by atoms with Gasteiger partial charge in [-0.25, -0.2) is 0 Å². The molecule has 1 N–H and O–H groups in total. The summed E-state index contributed by atoms with van der Waals surface area (Å²) in [6.45, 7) is 8.19. The summed E-state index contributed by atoms with van der Waals surface area (Å²) in [5, 5.41) is 3.41. The minimum Gasteiger partial charge on any atom is -0.302 e. The molecule has 1 atom stereocenters. The second-order valence-electron chi connectivity index (χ2n) is 5.46. The molecule has 0 saturated heterocycles. The van der Waals surface area contributed by atoms with Gasteiger partial charge in [0.25, 0.3) is 0 Å². The predicted molar refractivity (Wildman–Crippen MR) is 72.1 cm³/mol. The number of hydrogen-bond donors (Lipinski definition) is 1. The van der Waals surface area contributed by atoms with Gasteiger partial charge in [-0.1, -0.05) is 37.3 Å². The molecule has 0 heterocycles. The fourth-order valence-corrected chi connectivity index (χ4v) is 1.86. The van der Waals surface area contributed by atoms with Crippen molar-refractivity contribution in [3.63, 3.8) is 0 Å². The molecule has 1 aromatic carbocycles. The van der Waals surface area contributed by atoms with Gasteiger partial charge in [-0.2, -0.15) is 0 Å². The summed E-state index contributed by atoms with van der Waals surface area (Å²) in [7, 11) is 0. The van der Waals surface area contributed by atoms with Gasteiger partial charge in [0.15, 0.2) is 0 Å². The molecule has 2 nitrogen and oxygen atoms in total. The van der Waals surface area contributed by atoms with Gasteiger partial charge in [0.1, 0.15) is 5.78 Å². The Kier molecular flexibility index (Phi) is 4.88. The van der Waals surface area contributed by atoms with Crippen LogP contribution in [0.25, 0.3) is 0 Å². The standard InChI is InChI=1S/C15H23NO/c1-5-14(17)13(16-15(2,3)4)11-12-9-7-6-8-10-12/h6-10,13,16H,5,11H2,1-4H3/t13-/m0/s1. The average Bonchev–Trinajstić information content (AvgIpc) is 2.27. The van der Waals surface area contributed by atoms with E-state index >= 15 is 0 Å². The van der Waals surface area contributed by atoms with Gasteiger partial charge in [0.05, 0.1) is 6.04 Å². The van der Waals surface area contributed by atoms with Gasteiger partial charge in [0.2, 0.25) is 0 Å². The molecule has 1 aromatic rings.